The van der Waals surface area contributed by atoms with E-state index in [-0.39, 0.29) is 18.2 Å². The Hall–Kier alpha value is -0.860. The van der Waals surface area contributed by atoms with Gasteiger partial charge in [-0.2, -0.15) is 0 Å². The molecule has 16 heavy (non-hydrogen) atoms. The third kappa shape index (κ3) is 2.83. The number of carbonyl (C=O) groups excluding carboxylic acids is 2. The first-order valence-corrected chi connectivity index (χ1v) is 5.02. The van der Waals surface area contributed by atoms with Crippen molar-refractivity contribution in [2.75, 3.05) is 6.54 Å². The third-order valence-corrected chi connectivity index (χ3v) is 2.32. The molecule has 3 nitrogen and oxygen atoms in total. The molecule has 2 rings (SSSR count). The lowest BCUT2D eigenvalue weighted by atomic mass is 10.0. The number of hydrogen-bond acceptors (Lipinski definition) is 2. The minimum Gasteiger partial charge on any atom is -0.348 e. The van der Waals surface area contributed by atoms with Crippen molar-refractivity contribution in [3.8, 4) is 0 Å². The van der Waals surface area contributed by atoms with Crippen molar-refractivity contribution in [3.05, 3.63) is 63.2 Å². The van der Waals surface area contributed by atoms with Gasteiger partial charge in [0, 0.05) is 0 Å². The fourth-order valence-corrected chi connectivity index (χ4v) is 1.45. The van der Waals surface area contributed by atoms with Gasteiger partial charge in [-0.3, -0.25) is 9.59 Å². The highest BCUT2D eigenvalue weighted by Gasteiger charge is 2.27. The molecule has 0 aliphatic heterocycles. The molecule has 2 fully saturated rings. The van der Waals surface area contributed by atoms with E-state index >= 15 is 0 Å². The van der Waals surface area contributed by atoms with E-state index in [0.29, 0.717) is 11.8 Å². The highest BCUT2D eigenvalue weighted by Crippen LogP contribution is 2.24. The molecule has 0 aromatic carbocycles. The first-order valence-electron chi connectivity index (χ1n) is 5.02. The van der Waals surface area contributed by atoms with E-state index in [4.69, 9.17) is 0 Å². The minimum atomic E-state index is -0.218. The molecule has 80 valence electrons. The molecule has 2 saturated carbocycles. The highest BCUT2D eigenvalue weighted by atomic mass is 16.2. The molecule has 1 amide bonds. The summed E-state index contributed by atoms with van der Waals surface area (Å²) in [6.07, 6.45) is 14.1. The van der Waals surface area contributed by atoms with Crippen molar-refractivity contribution in [1.82, 2.24) is 5.32 Å². The fraction of sp³-hybridized carbons (Fsp3) is 0.0769. The van der Waals surface area contributed by atoms with Crippen LogP contribution in [-0.4, -0.2) is 18.2 Å². The van der Waals surface area contributed by atoms with Gasteiger partial charge < -0.3 is 5.32 Å². The molecule has 0 spiro atoms. The van der Waals surface area contributed by atoms with E-state index in [1.807, 2.05) is 0 Å². The van der Waals surface area contributed by atoms with E-state index in [9.17, 15) is 9.59 Å². The van der Waals surface area contributed by atoms with Gasteiger partial charge in [-0.05, 0) is 51.4 Å². The Kier molecular flexibility index (Phi) is 3.97. The molecule has 0 aromatic heterocycles. The average molecular weight is 213 g/mol. The molecule has 0 aromatic rings. The van der Waals surface area contributed by atoms with Crippen LogP contribution in [0.25, 0.3) is 0 Å². The van der Waals surface area contributed by atoms with Crippen LogP contribution < -0.4 is 5.32 Å². The van der Waals surface area contributed by atoms with Crippen LogP contribution in [0.4, 0.5) is 0 Å². The molecule has 0 bridgehead atoms. The van der Waals surface area contributed by atoms with Crippen molar-refractivity contribution in [2.45, 2.75) is 0 Å². The van der Waals surface area contributed by atoms with Crippen molar-refractivity contribution < 1.29 is 9.59 Å². The Labute approximate surface area is 97.0 Å². The first kappa shape index (κ1) is 11.6. The van der Waals surface area contributed by atoms with Crippen molar-refractivity contribution in [1.29, 1.82) is 0 Å². The van der Waals surface area contributed by atoms with Crippen molar-refractivity contribution in [3.63, 3.8) is 0 Å². The van der Waals surface area contributed by atoms with Gasteiger partial charge in [0.1, 0.15) is 0 Å². The fourth-order valence-electron chi connectivity index (χ4n) is 1.45. The molecule has 2 aliphatic carbocycles. The molecule has 3 heteroatoms. The summed E-state index contributed by atoms with van der Waals surface area (Å²) in [7, 11) is 0. The van der Waals surface area contributed by atoms with Gasteiger partial charge >= 0.3 is 0 Å². The Morgan fingerprint density at radius 2 is 1.38 bits per heavy atom. The van der Waals surface area contributed by atoms with Crippen LogP contribution in [0.5, 0.6) is 0 Å². The zero-order valence-electron chi connectivity index (χ0n) is 8.64. The average Bonchev–Trinajstić information content (AvgIpc) is 2.95. The van der Waals surface area contributed by atoms with Gasteiger partial charge in [0.15, 0.2) is 5.78 Å². The molecule has 1 N–H and O–H groups in total. The van der Waals surface area contributed by atoms with E-state index < -0.39 is 0 Å². The zero-order chi connectivity index (χ0) is 11.4. The number of Topliss-reactive ketones (excluding diaryl/α,β-unsaturated/α-hetero) is 1. The normalized spacial score (nSPS) is 22.5. The maximum Gasteiger partial charge on any atom is 0.228 e. The largest absolute Gasteiger partial charge is 0.348 e. The number of rotatable bonds is 4. The minimum absolute atomic E-state index is 0.0357. The van der Waals surface area contributed by atoms with Crippen molar-refractivity contribution >= 4 is 11.7 Å². The van der Waals surface area contributed by atoms with E-state index in [1.54, 1.807) is 51.4 Å². The summed E-state index contributed by atoms with van der Waals surface area (Å²) >= 11 is 0. The third-order valence-electron chi connectivity index (χ3n) is 2.32. The maximum absolute atomic E-state index is 11.6. The summed E-state index contributed by atoms with van der Waals surface area (Å²) in [6, 6.07) is 0. The second-order valence-electron chi connectivity index (χ2n) is 3.45. The van der Waals surface area contributed by atoms with Gasteiger partial charge in [0.25, 0.3) is 0 Å². The molecule has 0 saturated heterocycles. The van der Waals surface area contributed by atoms with Crippen LogP contribution in [-0.2, 0) is 9.59 Å². The van der Waals surface area contributed by atoms with E-state index in [1.165, 1.54) is 0 Å². The van der Waals surface area contributed by atoms with Crippen LogP contribution in [0, 0.1) is 63.2 Å². The highest BCUT2D eigenvalue weighted by molar-refractivity contribution is 6.03. The predicted molar refractivity (Wildman–Crippen MR) is 58.9 cm³/mol. The van der Waals surface area contributed by atoms with Gasteiger partial charge in [-0.15, -0.1) is 0 Å². The topological polar surface area (TPSA) is 46.2 Å². The quantitative estimate of drug-likeness (QED) is 0.738. The van der Waals surface area contributed by atoms with Crippen LogP contribution in [0.1, 0.15) is 0 Å². The number of ketones is 1. The van der Waals surface area contributed by atoms with Crippen molar-refractivity contribution in [2.24, 2.45) is 0 Å². The summed E-state index contributed by atoms with van der Waals surface area (Å²) in [5, 5.41) is 2.58. The number of hydrogen-bond donors (Lipinski definition) is 1. The smallest absolute Gasteiger partial charge is 0.228 e. The summed E-state index contributed by atoms with van der Waals surface area (Å²) in [4.78, 5) is 23.1. The maximum atomic E-state index is 11.6. The molecule has 10 radical (unpaired) electrons. The second kappa shape index (κ2) is 5.46. The molecular formula is C13H11NO2. The van der Waals surface area contributed by atoms with Crippen LogP contribution in [0.2, 0.25) is 0 Å². The molecular weight excluding hydrogens is 202 g/mol. The Morgan fingerprint density at radius 1 is 0.875 bits per heavy atom. The predicted octanol–water partition coefficient (Wildman–Crippen LogP) is 0.482. The molecule has 0 atom stereocenters. The second-order valence-corrected chi connectivity index (χ2v) is 3.45. The molecule has 2 aliphatic rings. The Morgan fingerprint density at radius 3 is 1.94 bits per heavy atom. The van der Waals surface area contributed by atoms with Crippen LogP contribution >= 0.6 is 0 Å². The molecule has 0 heterocycles. The summed E-state index contributed by atoms with van der Waals surface area (Å²) in [6.45, 7) is 0.0357. The standard InChI is InChI=1S/C13H11NO2/c15-12(10-5-1-2-6-10)9-14-13(16)11-7-3-4-8-11/h1-8H,9H2,(H,14,16). The van der Waals surface area contributed by atoms with E-state index in [2.05, 4.69) is 5.32 Å². The van der Waals surface area contributed by atoms with Crippen LogP contribution in [0.3, 0.4) is 0 Å². The van der Waals surface area contributed by atoms with Gasteiger partial charge in [0.05, 0.1) is 18.4 Å². The number of amides is 1. The zero-order valence-corrected chi connectivity index (χ0v) is 8.64. The number of nitrogens with one attached hydrogen (secondary N) is 1. The first-order chi connectivity index (χ1) is 7.77. The van der Waals surface area contributed by atoms with Gasteiger partial charge in [-0.25, -0.2) is 0 Å². The SMILES string of the molecule is O=C(CNC(=O)[C]1[CH][CH][CH][CH]1)[C]1[CH][CH][CH][CH]1. The number of carbonyl (C=O) groups is 2. The summed E-state index contributed by atoms with van der Waals surface area (Å²) in [5.41, 5.74) is 0. The van der Waals surface area contributed by atoms with Gasteiger partial charge in [0.2, 0.25) is 5.91 Å². The monoisotopic (exact) mass is 213 g/mol. The summed E-state index contributed by atoms with van der Waals surface area (Å²) < 4.78 is 0. The lowest BCUT2D eigenvalue weighted by Crippen LogP contribution is -2.34. The Bertz CT molecular complexity index is 235. The summed E-state index contributed by atoms with van der Waals surface area (Å²) in [5.74, 6) is 0.910. The Balaban J connectivity index is 1.69. The molecule has 0 unspecified atom stereocenters. The van der Waals surface area contributed by atoms with Crippen LogP contribution in [0.15, 0.2) is 0 Å². The van der Waals surface area contributed by atoms with E-state index in [0.717, 1.165) is 0 Å². The van der Waals surface area contributed by atoms with Gasteiger partial charge in [-0.1, -0.05) is 0 Å². The lowest BCUT2D eigenvalue weighted by Gasteiger charge is -2.10. The lowest BCUT2D eigenvalue weighted by molar-refractivity contribution is -0.122.